The zero-order chi connectivity index (χ0) is 9.78. The molecule has 0 bridgehead atoms. The van der Waals surface area contributed by atoms with Gasteiger partial charge in [-0.25, -0.2) is 0 Å². The molecule has 0 amide bonds. The lowest BCUT2D eigenvalue weighted by Crippen LogP contribution is -2.16. The second-order valence-electron chi connectivity index (χ2n) is 3.56. The van der Waals surface area contributed by atoms with Crippen LogP contribution in [0.15, 0.2) is 0 Å². The molecular weight excluding hydrogens is 273 g/mol. The second kappa shape index (κ2) is 12.7. The van der Waals surface area contributed by atoms with Crippen molar-refractivity contribution in [2.45, 2.75) is 51.9 Å². The summed E-state index contributed by atoms with van der Waals surface area (Å²) < 4.78 is 1.31. The van der Waals surface area contributed by atoms with Gasteiger partial charge < -0.3 is 5.32 Å². The van der Waals surface area contributed by atoms with E-state index in [1.807, 2.05) is 0 Å². The first-order valence-electron chi connectivity index (χ1n) is 5.68. The van der Waals surface area contributed by atoms with Crippen LogP contribution in [0.2, 0.25) is 0 Å². The molecule has 0 unspecified atom stereocenters. The van der Waals surface area contributed by atoms with E-state index < -0.39 is 0 Å². The summed E-state index contributed by atoms with van der Waals surface area (Å²) in [7, 11) is 0. The molecule has 0 aromatic heterocycles. The van der Waals surface area contributed by atoms with Crippen LogP contribution in [0.4, 0.5) is 0 Å². The highest BCUT2D eigenvalue weighted by Crippen LogP contribution is 1.99. The Hall–Kier alpha value is 0.690. The van der Waals surface area contributed by atoms with Gasteiger partial charge >= 0.3 is 0 Å². The largest absolute Gasteiger partial charge is 0.317 e. The molecule has 1 N–H and O–H groups in total. The number of alkyl halides is 1. The molecule has 0 aliphatic heterocycles. The van der Waals surface area contributed by atoms with Crippen LogP contribution in [-0.2, 0) is 0 Å². The maximum Gasteiger partial charge on any atom is -0.000472 e. The van der Waals surface area contributed by atoms with Gasteiger partial charge in [-0.15, -0.1) is 0 Å². The van der Waals surface area contributed by atoms with Crippen LogP contribution in [0.25, 0.3) is 0 Å². The Morgan fingerprint density at radius 1 is 0.846 bits per heavy atom. The average Bonchev–Trinajstić information content (AvgIpc) is 2.16. The van der Waals surface area contributed by atoms with Gasteiger partial charge in [0.1, 0.15) is 0 Å². The van der Waals surface area contributed by atoms with E-state index in [1.54, 1.807) is 0 Å². The molecule has 0 aliphatic rings. The molecule has 0 fully saturated rings. The van der Waals surface area contributed by atoms with Gasteiger partial charge in [0.2, 0.25) is 0 Å². The second-order valence-corrected chi connectivity index (χ2v) is 4.64. The van der Waals surface area contributed by atoms with Crippen LogP contribution < -0.4 is 5.32 Å². The van der Waals surface area contributed by atoms with Crippen molar-refractivity contribution in [3.05, 3.63) is 0 Å². The van der Waals surface area contributed by atoms with Gasteiger partial charge in [0.05, 0.1) is 0 Å². The fraction of sp³-hybridized carbons (Fsp3) is 1.00. The third-order valence-electron chi connectivity index (χ3n) is 2.19. The molecule has 0 atom stereocenters. The first kappa shape index (κ1) is 13.7. The fourth-order valence-corrected chi connectivity index (χ4v) is 1.86. The molecule has 13 heavy (non-hydrogen) atoms. The van der Waals surface area contributed by atoms with Gasteiger partial charge in [0, 0.05) is 0 Å². The molecule has 0 heterocycles. The van der Waals surface area contributed by atoms with Gasteiger partial charge in [-0.1, -0.05) is 55.2 Å². The van der Waals surface area contributed by atoms with Crippen LogP contribution in [0.3, 0.4) is 0 Å². The molecule has 0 spiro atoms. The predicted octanol–water partition coefficient (Wildman–Crippen LogP) is 3.76. The summed E-state index contributed by atoms with van der Waals surface area (Å²) in [5, 5.41) is 3.50. The first-order chi connectivity index (χ1) is 6.41. The molecule has 0 radical (unpaired) electrons. The van der Waals surface area contributed by atoms with Crippen LogP contribution in [0, 0.1) is 0 Å². The standard InChI is InChI=1S/C11H24IN/c1-2-3-4-7-10-13-11-8-5-6-9-12/h13H,2-11H2,1H3. The van der Waals surface area contributed by atoms with Crippen LogP contribution >= 0.6 is 22.6 Å². The molecule has 0 aromatic carbocycles. The van der Waals surface area contributed by atoms with Crippen molar-refractivity contribution in [1.82, 2.24) is 5.32 Å². The van der Waals surface area contributed by atoms with Gasteiger partial charge in [0.15, 0.2) is 0 Å². The highest BCUT2D eigenvalue weighted by atomic mass is 127. The number of rotatable bonds is 10. The Kier molecular flexibility index (Phi) is 13.4. The van der Waals surface area contributed by atoms with Crippen LogP contribution in [0.1, 0.15) is 51.9 Å². The predicted molar refractivity (Wildman–Crippen MR) is 69.7 cm³/mol. The number of hydrogen-bond donors (Lipinski definition) is 1. The lowest BCUT2D eigenvalue weighted by Gasteiger charge is -2.03. The molecule has 80 valence electrons. The van der Waals surface area contributed by atoms with E-state index >= 15 is 0 Å². The molecule has 2 heteroatoms. The van der Waals surface area contributed by atoms with Gasteiger partial charge in [-0.2, -0.15) is 0 Å². The number of hydrogen-bond acceptors (Lipinski definition) is 1. The van der Waals surface area contributed by atoms with Crippen molar-refractivity contribution in [3.8, 4) is 0 Å². The molecule has 0 aromatic rings. The Balaban J connectivity index is 2.76. The lowest BCUT2D eigenvalue weighted by molar-refractivity contribution is 0.574. The zero-order valence-corrected chi connectivity index (χ0v) is 11.1. The summed E-state index contributed by atoms with van der Waals surface area (Å²) in [5.74, 6) is 0. The van der Waals surface area contributed by atoms with Gasteiger partial charge in [-0.3, -0.25) is 0 Å². The van der Waals surface area contributed by atoms with Crippen LogP contribution in [-0.4, -0.2) is 17.5 Å². The number of unbranched alkanes of at least 4 members (excludes halogenated alkanes) is 5. The van der Waals surface area contributed by atoms with Crippen molar-refractivity contribution < 1.29 is 0 Å². The third-order valence-corrected chi connectivity index (χ3v) is 2.96. The van der Waals surface area contributed by atoms with E-state index in [9.17, 15) is 0 Å². The lowest BCUT2D eigenvalue weighted by atomic mass is 10.2. The van der Waals surface area contributed by atoms with Crippen molar-refractivity contribution >= 4 is 22.6 Å². The topological polar surface area (TPSA) is 12.0 Å². The third kappa shape index (κ3) is 12.7. The van der Waals surface area contributed by atoms with Crippen molar-refractivity contribution in [2.75, 3.05) is 17.5 Å². The van der Waals surface area contributed by atoms with E-state index in [0.29, 0.717) is 0 Å². The van der Waals surface area contributed by atoms with Crippen LogP contribution in [0.5, 0.6) is 0 Å². The first-order valence-corrected chi connectivity index (χ1v) is 7.21. The molecular formula is C11H24IN. The highest BCUT2D eigenvalue weighted by molar-refractivity contribution is 14.1. The average molecular weight is 297 g/mol. The van der Waals surface area contributed by atoms with E-state index in [0.717, 1.165) is 0 Å². The summed E-state index contributed by atoms with van der Waals surface area (Å²) in [6, 6.07) is 0. The Morgan fingerprint density at radius 2 is 1.46 bits per heavy atom. The number of nitrogens with one attached hydrogen (secondary N) is 1. The summed E-state index contributed by atoms with van der Waals surface area (Å²) in [6.45, 7) is 4.71. The maximum atomic E-state index is 3.50. The molecule has 1 nitrogen and oxygen atoms in total. The Morgan fingerprint density at radius 3 is 2.00 bits per heavy atom. The summed E-state index contributed by atoms with van der Waals surface area (Å²) >= 11 is 2.45. The van der Waals surface area contributed by atoms with E-state index in [-0.39, 0.29) is 0 Å². The smallest absolute Gasteiger partial charge is 0.000472 e. The summed E-state index contributed by atoms with van der Waals surface area (Å²) in [6.07, 6.45) is 9.64. The summed E-state index contributed by atoms with van der Waals surface area (Å²) in [5.41, 5.74) is 0. The van der Waals surface area contributed by atoms with Gasteiger partial charge in [0.25, 0.3) is 0 Å². The molecule has 0 saturated carbocycles. The van der Waals surface area contributed by atoms with E-state index in [1.165, 1.54) is 62.5 Å². The van der Waals surface area contributed by atoms with E-state index in [4.69, 9.17) is 0 Å². The SMILES string of the molecule is CCCCCCNCCCCCI. The zero-order valence-electron chi connectivity index (χ0n) is 8.95. The number of halogens is 1. The van der Waals surface area contributed by atoms with Gasteiger partial charge in [-0.05, 0) is 36.8 Å². The van der Waals surface area contributed by atoms with E-state index in [2.05, 4.69) is 34.8 Å². The minimum Gasteiger partial charge on any atom is -0.317 e. The quantitative estimate of drug-likeness (QED) is 0.368. The normalized spacial score (nSPS) is 10.6. The fourth-order valence-electron chi connectivity index (χ4n) is 1.32. The maximum absolute atomic E-state index is 3.50. The molecule has 0 rings (SSSR count). The summed E-state index contributed by atoms with van der Waals surface area (Å²) in [4.78, 5) is 0. The van der Waals surface area contributed by atoms with Crippen molar-refractivity contribution in [3.63, 3.8) is 0 Å². The highest BCUT2D eigenvalue weighted by Gasteiger charge is 1.89. The Labute approximate surface area is 97.2 Å². The minimum atomic E-state index is 1.22. The molecule has 0 saturated heterocycles. The minimum absolute atomic E-state index is 1.22. The molecule has 0 aliphatic carbocycles. The Bertz CT molecular complexity index is 76.2. The van der Waals surface area contributed by atoms with Crippen molar-refractivity contribution in [2.24, 2.45) is 0 Å². The monoisotopic (exact) mass is 297 g/mol. The van der Waals surface area contributed by atoms with Crippen molar-refractivity contribution in [1.29, 1.82) is 0 Å².